The molecule has 4 nitrogen and oxygen atoms in total. The van der Waals surface area contributed by atoms with Crippen LogP contribution in [0.2, 0.25) is 0 Å². The van der Waals surface area contributed by atoms with Crippen LogP contribution in [0.5, 0.6) is 11.5 Å². The van der Waals surface area contributed by atoms with Gasteiger partial charge in [-0.05, 0) is 68.9 Å². The van der Waals surface area contributed by atoms with Gasteiger partial charge in [-0.3, -0.25) is 0 Å². The molecule has 0 unspecified atom stereocenters. The lowest BCUT2D eigenvalue weighted by Crippen LogP contribution is -2.42. The number of rotatable bonds is 5. The summed E-state index contributed by atoms with van der Waals surface area (Å²) >= 11 is 5.54. The second kappa shape index (κ2) is 8.01. The number of benzene rings is 2. The van der Waals surface area contributed by atoms with Gasteiger partial charge in [-0.25, -0.2) is 0 Å². The molecule has 0 amide bonds. The highest BCUT2D eigenvalue weighted by molar-refractivity contribution is 7.80. The summed E-state index contributed by atoms with van der Waals surface area (Å²) in [4.78, 5) is 0. The molecule has 2 aromatic carbocycles. The summed E-state index contributed by atoms with van der Waals surface area (Å²) in [5.74, 6) is 1.73. The molecule has 0 aromatic heterocycles. The van der Waals surface area contributed by atoms with E-state index >= 15 is 0 Å². The standard InChI is InChI=1S/C22H26N2O2S/c1-5-12-25-17-9-7-16(8-10-17)23-21(27)24-19-14-22(3,4)26-20-13-15(2)6-11-18(19)20/h5-11,13,19H,1,12,14H2,2-4H3,(H2,23,24,27)/t19-/m0/s1. The van der Waals surface area contributed by atoms with Gasteiger partial charge in [-0.2, -0.15) is 0 Å². The Morgan fingerprint density at radius 2 is 2.04 bits per heavy atom. The summed E-state index contributed by atoms with van der Waals surface area (Å²) in [6.45, 7) is 10.4. The zero-order valence-corrected chi connectivity index (χ0v) is 16.9. The van der Waals surface area contributed by atoms with E-state index in [-0.39, 0.29) is 11.6 Å². The lowest BCUT2D eigenvalue weighted by Gasteiger charge is -2.38. The fourth-order valence-corrected chi connectivity index (χ4v) is 3.46. The van der Waals surface area contributed by atoms with Crippen molar-refractivity contribution in [1.29, 1.82) is 0 Å². The molecule has 27 heavy (non-hydrogen) atoms. The fraction of sp³-hybridized carbons (Fsp3) is 0.318. The highest BCUT2D eigenvalue weighted by atomic mass is 32.1. The summed E-state index contributed by atoms with van der Waals surface area (Å²) in [6, 6.07) is 14.1. The number of ether oxygens (including phenoxy) is 2. The Labute approximate surface area is 166 Å². The van der Waals surface area contributed by atoms with Crippen LogP contribution in [0.25, 0.3) is 0 Å². The monoisotopic (exact) mass is 382 g/mol. The van der Waals surface area contributed by atoms with E-state index in [0.717, 1.165) is 29.2 Å². The van der Waals surface area contributed by atoms with Gasteiger partial charge in [0.25, 0.3) is 0 Å². The first kappa shape index (κ1) is 19.2. The first-order valence-electron chi connectivity index (χ1n) is 9.07. The number of hydrogen-bond donors (Lipinski definition) is 2. The van der Waals surface area contributed by atoms with Crippen LogP contribution in [0.15, 0.2) is 55.1 Å². The third-order valence-corrected chi connectivity index (χ3v) is 4.63. The van der Waals surface area contributed by atoms with E-state index in [9.17, 15) is 0 Å². The van der Waals surface area contributed by atoms with E-state index in [0.29, 0.717) is 11.7 Å². The molecule has 0 radical (unpaired) electrons. The molecule has 2 N–H and O–H groups in total. The molecule has 1 aliphatic heterocycles. The van der Waals surface area contributed by atoms with Gasteiger partial charge < -0.3 is 20.1 Å². The molecule has 1 aliphatic rings. The van der Waals surface area contributed by atoms with Gasteiger partial charge in [0.15, 0.2) is 5.11 Å². The van der Waals surface area contributed by atoms with Gasteiger partial charge in [0.05, 0.1) is 6.04 Å². The SMILES string of the molecule is C=CCOc1ccc(NC(=S)N[C@H]2CC(C)(C)Oc3cc(C)ccc32)cc1. The van der Waals surface area contributed by atoms with Crippen LogP contribution in [0.1, 0.15) is 37.4 Å². The van der Waals surface area contributed by atoms with Gasteiger partial charge in [0.1, 0.15) is 23.7 Å². The van der Waals surface area contributed by atoms with Crippen LogP contribution in [-0.2, 0) is 0 Å². The Morgan fingerprint density at radius 3 is 2.74 bits per heavy atom. The minimum atomic E-state index is -0.252. The van der Waals surface area contributed by atoms with Crippen molar-refractivity contribution in [3.05, 3.63) is 66.2 Å². The quantitative estimate of drug-likeness (QED) is 0.553. The molecule has 0 bridgehead atoms. The minimum absolute atomic E-state index is 0.0968. The van der Waals surface area contributed by atoms with Gasteiger partial charge in [0, 0.05) is 17.7 Å². The van der Waals surface area contributed by atoms with E-state index in [1.54, 1.807) is 6.08 Å². The van der Waals surface area contributed by atoms with Crippen LogP contribution in [-0.4, -0.2) is 17.3 Å². The molecule has 0 fully saturated rings. The molecular formula is C22H26N2O2S. The van der Waals surface area contributed by atoms with Crippen molar-refractivity contribution in [2.75, 3.05) is 11.9 Å². The molecule has 2 aromatic rings. The molecule has 0 aliphatic carbocycles. The highest BCUT2D eigenvalue weighted by Crippen LogP contribution is 2.39. The Bertz CT molecular complexity index is 831. The predicted molar refractivity (Wildman–Crippen MR) is 115 cm³/mol. The van der Waals surface area contributed by atoms with Crippen molar-refractivity contribution in [2.24, 2.45) is 0 Å². The van der Waals surface area contributed by atoms with Crippen molar-refractivity contribution >= 4 is 23.0 Å². The third kappa shape index (κ3) is 5.01. The lowest BCUT2D eigenvalue weighted by atomic mass is 9.89. The van der Waals surface area contributed by atoms with E-state index in [1.807, 2.05) is 24.3 Å². The van der Waals surface area contributed by atoms with E-state index in [2.05, 4.69) is 56.2 Å². The number of anilines is 1. The van der Waals surface area contributed by atoms with Crippen molar-refractivity contribution in [1.82, 2.24) is 5.32 Å². The number of aryl methyl sites for hydroxylation is 1. The maximum atomic E-state index is 6.15. The van der Waals surface area contributed by atoms with Crippen LogP contribution in [0.4, 0.5) is 5.69 Å². The molecule has 0 saturated heterocycles. The molecular weight excluding hydrogens is 356 g/mol. The molecule has 142 valence electrons. The molecule has 0 saturated carbocycles. The third-order valence-electron chi connectivity index (χ3n) is 4.41. The lowest BCUT2D eigenvalue weighted by molar-refractivity contribution is 0.0696. The van der Waals surface area contributed by atoms with Gasteiger partial charge in [0.2, 0.25) is 0 Å². The van der Waals surface area contributed by atoms with Crippen LogP contribution >= 0.6 is 12.2 Å². The van der Waals surface area contributed by atoms with E-state index < -0.39 is 0 Å². The van der Waals surface area contributed by atoms with Gasteiger partial charge in [-0.15, -0.1) is 0 Å². The molecule has 1 atom stereocenters. The zero-order chi connectivity index (χ0) is 19.4. The molecule has 0 spiro atoms. The van der Waals surface area contributed by atoms with Gasteiger partial charge in [-0.1, -0.05) is 24.8 Å². The summed E-state index contributed by atoms with van der Waals surface area (Å²) < 4.78 is 11.7. The van der Waals surface area contributed by atoms with E-state index in [1.165, 1.54) is 5.56 Å². The summed E-state index contributed by atoms with van der Waals surface area (Å²) in [6.07, 6.45) is 2.55. The first-order valence-corrected chi connectivity index (χ1v) is 9.48. The van der Waals surface area contributed by atoms with Crippen LogP contribution < -0.4 is 20.1 Å². The largest absolute Gasteiger partial charge is 0.490 e. The Hall–Kier alpha value is -2.53. The molecule has 5 heteroatoms. The second-order valence-corrected chi connectivity index (χ2v) is 7.79. The van der Waals surface area contributed by atoms with Crippen molar-refractivity contribution in [2.45, 2.75) is 38.8 Å². The first-order chi connectivity index (χ1) is 12.9. The summed E-state index contributed by atoms with van der Waals surface area (Å²) in [5, 5.41) is 7.28. The second-order valence-electron chi connectivity index (χ2n) is 7.38. The number of fused-ring (bicyclic) bond motifs is 1. The Morgan fingerprint density at radius 1 is 1.30 bits per heavy atom. The smallest absolute Gasteiger partial charge is 0.171 e. The maximum Gasteiger partial charge on any atom is 0.171 e. The Kier molecular flexibility index (Phi) is 5.71. The normalized spacial score (nSPS) is 17.2. The van der Waals surface area contributed by atoms with Crippen molar-refractivity contribution < 1.29 is 9.47 Å². The molecule has 3 rings (SSSR count). The maximum absolute atomic E-state index is 6.15. The van der Waals surface area contributed by atoms with Crippen LogP contribution in [0.3, 0.4) is 0 Å². The minimum Gasteiger partial charge on any atom is -0.490 e. The Balaban J connectivity index is 1.68. The highest BCUT2D eigenvalue weighted by Gasteiger charge is 2.34. The predicted octanol–water partition coefficient (Wildman–Crippen LogP) is 5.15. The van der Waals surface area contributed by atoms with Gasteiger partial charge >= 0.3 is 0 Å². The fourth-order valence-electron chi connectivity index (χ4n) is 3.20. The van der Waals surface area contributed by atoms with E-state index in [4.69, 9.17) is 21.7 Å². The average Bonchev–Trinajstić information content (AvgIpc) is 2.59. The van der Waals surface area contributed by atoms with Crippen molar-refractivity contribution in [3.63, 3.8) is 0 Å². The topological polar surface area (TPSA) is 42.5 Å². The number of thiocarbonyl (C=S) groups is 1. The average molecular weight is 383 g/mol. The molecule has 1 heterocycles. The number of nitrogens with one attached hydrogen (secondary N) is 2. The zero-order valence-electron chi connectivity index (χ0n) is 16.0. The summed E-state index contributed by atoms with van der Waals surface area (Å²) in [7, 11) is 0. The number of hydrogen-bond acceptors (Lipinski definition) is 3. The van der Waals surface area contributed by atoms with Crippen LogP contribution in [0, 0.1) is 6.92 Å². The summed E-state index contributed by atoms with van der Waals surface area (Å²) in [5.41, 5.74) is 2.98. The van der Waals surface area contributed by atoms with Crippen molar-refractivity contribution in [3.8, 4) is 11.5 Å².